The fraction of sp³-hybridized carbons (Fsp3) is 0.464. The van der Waals surface area contributed by atoms with Gasteiger partial charge in [-0.1, -0.05) is 64.5 Å². The van der Waals surface area contributed by atoms with Crippen LogP contribution in [0.5, 0.6) is 0 Å². The van der Waals surface area contributed by atoms with Crippen molar-refractivity contribution < 1.29 is 0 Å². The summed E-state index contributed by atoms with van der Waals surface area (Å²) < 4.78 is 0. The summed E-state index contributed by atoms with van der Waals surface area (Å²) in [5, 5.41) is 17.6. The highest BCUT2D eigenvalue weighted by Gasteiger charge is 2.06. The van der Waals surface area contributed by atoms with Crippen molar-refractivity contribution in [1.29, 1.82) is 5.26 Å². The van der Waals surface area contributed by atoms with Gasteiger partial charge in [0, 0.05) is 24.4 Å². The van der Waals surface area contributed by atoms with Gasteiger partial charge >= 0.3 is 0 Å². The van der Waals surface area contributed by atoms with Crippen LogP contribution in [0.3, 0.4) is 0 Å². The Kier molecular flexibility index (Phi) is 11.8. The second kappa shape index (κ2) is 15.0. The zero-order valence-corrected chi connectivity index (χ0v) is 20.1. The van der Waals surface area contributed by atoms with Crippen molar-refractivity contribution >= 4 is 23.1 Å². The lowest BCUT2D eigenvalue weighted by atomic mass is 10.1. The molecule has 0 saturated heterocycles. The molecule has 0 heterocycles. The molecular formula is C28H38N4. The number of hydrogen-bond acceptors (Lipinski definition) is 4. The predicted octanol–water partition coefficient (Wildman–Crippen LogP) is 9.00. The molecule has 0 N–H and O–H groups in total. The Bertz CT molecular complexity index is 861. The minimum Gasteiger partial charge on any atom is -0.372 e. The molecule has 0 bridgehead atoms. The first-order valence-corrected chi connectivity index (χ1v) is 12.1. The lowest BCUT2D eigenvalue weighted by Crippen LogP contribution is -2.25. The smallest absolute Gasteiger partial charge is 0.0944 e. The summed E-state index contributed by atoms with van der Waals surface area (Å²) in [6.07, 6.45) is 12.2. The van der Waals surface area contributed by atoms with E-state index < -0.39 is 0 Å². The topological polar surface area (TPSA) is 51.8 Å². The Morgan fingerprint density at radius 1 is 0.781 bits per heavy atom. The third-order valence-corrected chi connectivity index (χ3v) is 5.51. The van der Waals surface area contributed by atoms with Crippen LogP contribution < -0.4 is 4.90 Å². The fourth-order valence-corrected chi connectivity index (χ4v) is 3.59. The average molecular weight is 431 g/mol. The maximum atomic E-state index is 8.89. The highest BCUT2D eigenvalue weighted by Crippen LogP contribution is 2.24. The molecule has 0 fully saturated rings. The molecule has 0 unspecified atom stereocenters. The standard InChI is InChI=1S/C28H38N4/c1-4-6-8-10-20-32(21-11-9-7-5-2)28-18-16-27(17-19-28)31-30-26-14-12-25(13-15-26)22-24(3)23-29/h12-19,22H,4-11,20-21H2,1-3H3/b24-22-,31-30+. The van der Waals surface area contributed by atoms with Gasteiger partial charge in [-0.3, -0.25) is 0 Å². The minimum absolute atomic E-state index is 0.684. The number of azo groups is 1. The summed E-state index contributed by atoms with van der Waals surface area (Å²) in [5.41, 5.74) is 4.61. The predicted molar refractivity (Wildman–Crippen MR) is 137 cm³/mol. The van der Waals surface area contributed by atoms with E-state index in [2.05, 4.69) is 59.3 Å². The van der Waals surface area contributed by atoms with Gasteiger partial charge in [0.05, 0.1) is 17.4 Å². The Balaban J connectivity index is 1.99. The van der Waals surface area contributed by atoms with Crippen molar-refractivity contribution in [2.45, 2.75) is 72.1 Å². The van der Waals surface area contributed by atoms with Gasteiger partial charge in [-0.05, 0) is 67.8 Å². The van der Waals surface area contributed by atoms with Crippen LogP contribution >= 0.6 is 0 Å². The summed E-state index contributed by atoms with van der Waals surface area (Å²) in [6.45, 7) is 8.57. The number of nitrogens with zero attached hydrogens (tertiary/aromatic N) is 4. The summed E-state index contributed by atoms with van der Waals surface area (Å²) in [4.78, 5) is 2.53. The van der Waals surface area contributed by atoms with Crippen molar-refractivity contribution in [1.82, 2.24) is 0 Å². The van der Waals surface area contributed by atoms with Crippen LogP contribution in [-0.2, 0) is 0 Å². The molecule has 0 atom stereocenters. The second-order valence-electron chi connectivity index (χ2n) is 8.36. The van der Waals surface area contributed by atoms with Crippen molar-refractivity contribution in [3.8, 4) is 6.07 Å². The number of benzene rings is 2. The van der Waals surface area contributed by atoms with Gasteiger partial charge < -0.3 is 4.90 Å². The van der Waals surface area contributed by atoms with E-state index in [9.17, 15) is 0 Å². The molecule has 0 saturated carbocycles. The normalized spacial score (nSPS) is 11.6. The van der Waals surface area contributed by atoms with Crippen LogP contribution in [0.4, 0.5) is 17.1 Å². The molecule has 4 heteroatoms. The molecule has 170 valence electrons. The molecule has 2 aromatic rings. The third-order valence-electron chi connectivity index (χ3n) is 5.51. The summed E-state index contributed by atoms with van der Waals surface area (Å²) in [5.74, 6) is 0. The Morgan fingerprint density at radius 2 is 1.28 bits per heavy atom. The minimum atomic E-state index is 0.684. The van der Waals surface area contributed by atoms with Gasteiger partial charge in [0.1, 0.15) is 0 Å². The summed E-state index contributed by atoms with van der Waals surface area (Å²) in [7, 11) is 0. The largest absolute Gasteiger partial charge is 0.372 e. The molecule has 0 aliphatic carbocycles. The molecule has 0 aromatic heterocycles. The maximum Gasteiger partial charge on any atom is 0.0944 e. The molecule has 0 aliphatic rings. The first-order valence-electron chi connectivity index (χ1n) is 12.1. The van der Waals surface area contributed by atoms with Gasteiger partial charge in [0.2, 0.25) is 0 Å². The van der Waals surface area contributed by atoms with E-state index in [1.165, 1.54) is 57.1 Å². The Hall–Kier alpha value is -2.93. The molecule has 0 radical (unpaired) electrons. The van der Waals surface area contributed by atoms with Crippen LogP contribution in [0, 0.1) is 11.3 Å². The Morgan fingerprint density at radius 3 is 1.75 bits per heavy atom. The second-order valence-corrected chi connectivity index (χ2v) is 8.36. The van der Waals surface area contributed by atoms with Crippen LogP contribution in [0.15, 0.2) is 64.3 Å². The van der Waals surface area contributed by atoms with E-state index >= 15 is 0 Å². The molecule has 0 amide bonds. The number of hydrogen-bond donors (Lipinski definition) is 0. The van der Waals surface area contributed by atoms with E-state index in [4.69, 9.17) is 5.26 Å². The van der Waals surface area contributed by atoms with Crippen molar-refractivity contribution in [2.24, 2.45) is 10.2 Å². The van der Waals surface area contributed by atoms with Crippen molar-refractivity contribution in [3.63, 3.8) is 0 Å². The highest BCUT2D eigenvalue weighted by molar-refractivity contribution is 5.58. The van der Waals surface area contributed by atoms with E-state index in [1.54, 1.807) is 6.92 Å². The molecular weight excluding hydrogens is 392 g/mol. The van der Waals surface area contributed by atoms with Gasteiger partial charge in [-0.15, -0.1) is 0 Å². The number of unbranched alkanes of at least 4 members (excludes halogenated alkanes) is 6. The maximum absolute atomic E-state index is 8.89. The van der Waals surface area contributed by atoms with Crippen molar-refractivity contribution in [2.75, 3.05) is 18.0 Å². The van der Waals surface area contributed by atoms with Crippen LogP contribution in [0.2, 0.25) is 0 Å². The quantitative estimate of drug-likeness (QED) is 0.170. The molecule has 32 heavy (non-hydrogen) atoms. The number of allylic oxidation sites excluding steroid dienone is 1. The van der Waals surface area contributed by atoms with Crippen LogP contribution in [0.1, 0.15) is 77.7 Å². The van der Waals surface area contributed by atoms with Gasteiger partial charge in [0.15, 0.2) is 0 Å². The van der Waals surface area contributed by atoms with Crippen LogP contribution in [0.25, 0.3) is 6.08 Å². The SMILES string of the molecule is CCCCCCN(CCCCCC)c1ccc(/N=N/c2ccc(/C=C(/C)C#N)cc2)cc1. The number of anilines is 1. The fourth-order valence-electron chi connectivity index (χ4n) is 3.59. The third kappa shape index (κ3) is 9.47. The van der Waals surface area contributed by atoms with E-state index in [0.717, 1.165) is 30.0 Å². The number of rotatable bonds is 14. The average Bonchev–Trinajstić information content (AvgIpc) is 2.83. The molecule has 2 rings (SSSR count). The molecule has 2 aromatic carbocycles. The Labute approximate surface area is 194 Å². The summed E-state index contributed by atoms with van der Waals surface area (Å²) >= 11 is 0. The van der Waals surface area contributed by atoms with E-state index in [0.29, 0.717) is 5.57 Å². The van der Waals surface area contributed by atoms with Crippen molar-refractivity contribution in [3.05, 3.63) is 59.7 Å². The summed E-state index contributed by atoms with van der Waals surface area (Å²) in [6, 6.07) is 18.3. The molecule has 0 aliphatic heterocycles. The monoisotopic (exact) mass is 430 g/mol. The highest BCUT2D eigenvalue weighted by atomic mass is 15.1. The molecule has 0 spiro atoms. The lowest BCUT2D eigenvalue weighted by Gasteiger charge is -2.25. The first kappa shape index (κ1) is 25.3. The first-order chi connectivity index (χ1) is 15.7. The van der Waals surface area contributed by atoms with E-state index in [1.807, 2.05) is 30.3 Å². The van der Waals surface area contributed by atoms with Gasteiger partial charge in [0.25, 0.3) is 0 Å². The molecule has 4 nitrogen and oxygen atoms in total. The van der Waals surface area contributed by atoms with Crippen LogP contribution in [-0.4, -0.2) is 13.1 Å². The van der Waals surface area contributed by atoms with Gasteiger partial charge in [-0.25, -0.2) is 0 Å². The zero-order chi connectivity index (χ0) is 23.0. The lowest BCUT2D eigenvalue weighted by molar-refractivity contribution is 0.609. The number of nitriles is 1. The zero-order valence-electron chi connectivity index (χ0n) is 20.1. The van der Waals surface area contributed by atoms with Gasteiger partial charge in [-0.2, -0.15) is 15.5 Å². The van der Waals surface area contributed by atoms with E-state index in [-0.39, 0.29) is 0 Å².